The van der Waals surface area contributed by atoms with Crippen molar-refractivity contribution >= 4 is 22.8 Å². The second-order valence-corrected chi connectivity index (χ2v) is 5.15. The summed E-state index contributed by atoms with van der Waals surface area (Å²) in [6.45, 7) is 3.78. The number of H-pyrrole nitrogens is 1. The number of para-hydroxylation sites is 2. The standard InChI is InChI=1S/C16H17N5O/c1-10-9-17-8-7-12(10)21-16(22)18-11(2)15-19-13-5-3-4-6-14(13)20-15/h3-9,11H,1-2H3,(H,19,20)(H2,17,18,21,22). The monoisotopic (exact) mass is 295 g/mol. The van der Waals surface area contributed by atoms with Gasteiger partial charge in [-0.3, -0.25) is 4.98 Å². The van der Waals surface area contributed by atoms with E-state index in [1.54, 1.807) is 18.5 Å². The summed E-state index contributed by atoms with van der Waals surface area (Å²) in [5.41, 5.74) is 3.49. The number of carbonyl (C=O) groups excluding carboxylic acids is 1. The molecule has 0 bridgehead atoms. The molecule has 3 rings (SSSR count). The van der Waals surface area contributed by atoms with E-state index in [0.717, 1.165) is 28.1 Å². The van der Waals surface area contributed by atoms with Gasteiger partial charge < -0.3 is 15.6 Å². The molecule has 0 radical (unpaired) electrons. The van der Waals surface area contributed by atoms with Gasteiger partial charge in [-0.25, -0.2) is 9.78 Å². The first-order chi connectivity index (χ1) is 10.6. The Kier molecular flexibility index (Phi) is 3.74. The van der Waals surface area contributed by atoms with E-state index in [0.29, 0.717) is 0 Å². The molecule has 6 nitrogen and oxygen atoms in total. The lowest BCUT2D eigenvalue weighted by Gasteiger charge is -2.13. The first-order valence-corrected chi connectivity index (χ1v) is 7.06. The van der Waals surface area contributed by atoms with Crippen molar-refractivity contribution < 1.29 is 4.79 Å². The number of benzene rings is 1. The SMILES string of the molecule is Cc1cnccc1NC(=O)NC(C)c1nc2ccccc2[nH]1. The van der Waals surface area contributed by atoms with E-state index in [1.165, 1.54) is 0 Å². The molecule has 0 fully saturated rings. The van der Waals surface area contributed by atoms with Gasteiger partial charge in [0.15, 0.2) is 0 Å². The topological polar surface area (TPSA) is 82.7 Å². The molecular formula is C16H17N5O. The number of rotatable bonds is 3. The van der Waals surface area contributed by atoms with Crippen LogP contribution in [-0.4, -0.2) is 21.0 Å². The van der Waals surface area contributed by atoms with Crippen LogP contribution < -0.4 is 10.6 Å². The van der Waals surface area contributed by atoms with Gasteiger partial charge in [-0.1, -0.05) is 12.1 Å². The van der Waals surface area contributed by atoms with Crippen LogP contribution in [0.25, 0.3) is 11.0 Å². The van der Waals surface area contributed by atoms with E-state index in [1.807, 2.05) is 38.1 Å². The van der Waals surface area contributed by atoms with Crippen LogP contribution >= 0.6 is 0 Å². The number of hydrogen-bond donors (Lipinski definition) is 3. The first kappa shape index (κ1) is 14.1. The van der Waals surface area contributed by atoms with Gasteiger partial charge in [0.2, 0.25) is 0 Å². The molecule has 1 atom stereocenters. The zero-order valence-corrected chi connectivity index (χ0v) is 12.4. The van der Waals surface area contributed by atoms with E-state index < -0.39 is 0 Å². The average Bonchev–Trinajstić information content (AvgIpc) is 2.93. The number of anilines is 1. The van der Waals surface area contributed by atoms with Crippen molar-refractivity contribution in [1.82, 2.24) is 20.3 Å². The number of nitrogens with zero attached hydrogens (tertiary/aromatic N) is 2. The van der Waals surface area contributed by atoms with Crippen LogP contribution in [0.5, 0.6) is 0 Å². The molecule has 0 spiro atoms. The fourth-order valence-corrected chi connectivity index (χ4v) is 2.21. The maximum atomic E-state index is 12.1. The smallest absolute Gasteiger partial charge is 0.319 e. The Bertz CT molecular complexity index is 778. The molecule has 0 aliphatic rings. The Hall–Kier alpha value is -2.89. The molecule has 2 amide bonds. The summed E-state index contributed by atoms with van der Waals surface area (Å²) in [5, 5.41) is 5.68. The lowest BCUT2D eigenvalue weighted by Crippen LogP contribution is -2.31. The number of pyridine rings is 1. The minimum absolute atomic E-state index is 0.227. The second kappa shape index (κ2) is 5.85. The molecule has 3 N–H and O–H groups in total. The summed E-state index contributed by atoms with van der Waals surface area (Å²) in [5.74, 6) is 0.725. The lowest BCUT2D eigenvalue weighted by molar-refractivity contribution is 0.249. The average molecular weight is 295 g/mol. The Labute approximate surface area is 128 Å². The highest BCUT2D eigenvalue weighted by molar-refractivity contribution is 5.90. The molecule has 22 heavy (non-hydrogen) atoms. The van der Waals surface area contributed by atoms with Gasteiger partial charge in [0.05, 0.1) is 17.1 Å². The largest absolute Gasteiger partial charge is 0.340 e. The minimum atomic E-state index is -0.276. The highest BCUT2D eigenvalue weighted by Crippen LogP contribution is 2.16. The summed E-state index contributed by atoms with van der Waals surface area (Å²) in [4.78, 5) is 23.8. The van der Waals surface area contributed by atoms with Gasteiger partial charge in [-0.2, -0.15) is 0 Å². The normalized spacial score (nSPS) is 12.1. The van der Waals surface area contributed by atoms with E-state index in [-0.39, 0.29) is 12.1 Å². The number of nitrogens with one attached hydrogen (secondary N) is 3. The van der Waals surface area contributed by atoms with Gasteiger partial charge in [-0.05, 0) is 37.6 Å². The van der Waals surface area contributed by atoms with Crippen LogP contribution in [0.3, 0.4) is 0 Å². The van der Waals surface area contributed by atoms with Crippen LogP contribution in [0.1, 0.15) is 24.4 Å². The maximum absolute atomic E-state index is 12.1. The number of aromatic amines is 1. The van der Waals surface area contributed by atoms with E-state index >= 15 is 0 Å². The van der Waals surface area contributed by atoms with Crippen LogP contribution in [0.15, 0.2) is 42.7 Å². The number of amides is 2. The molecule has 0 saturated carbocycles. The molecule has 0 aliphatic heterocycles. The highest BCUT2D eigenvalue weighted by atomic mass is 16.2. The van der Waals surface area contributed by atoms with Crippen LogP contribution in [0.2, 0.25) is 0 Å². The molecule has 112 valence electrons. The van der Waals surface area contributed by atoms with Crippen molar-refractivity contribution in [3.8, 4) is 0 Å². The van der Waals surface area contributed by atoms with Crippen molar-refractivity contribution in [2.24, 2.45) is 0 Å². The van der Waals surface area contributed by atoms with Crippen molar-refractivity contribution in [3.63, 3.8) is 0 Å². The predicted molar refractivity (Wildman–Crippen MR) is 85.6 cm³/mol. The van der Waals surface area contributed by atoms with Crippen molar-refractivity contribution in [2.75, 3.05) is 5.32 Å². The third-order valence-electron chi connectivity index (χ3n) is 3.43. The summed E-state index contributed by atoms with van der Waals surface area (Å²) < 4.78 is 0. The third kappa shape index (κ3) is 2.90. The van der Waals surface area contributed by atoms with Gasteiger partial charge in [0, 0.05) is 18.1 Å². The van der Waals surface area contributed by atoms with E-state index in [9.17, 15) is 4.79 Å². The van der Waals surface area contributed by atoms with Crippen molar-refractivity contribution in [2.45, 2.75) is 19.9 Å². The van der Waals surface area contributed by atoms with Crippen molar-refractivity contribution in [3.05, 3.63) is 54.1 Å². The summed E-state index contributed by atoms with van der Waals surface area (Å²) in [7, 11) is 0. The Morgan fingerprint density at radius 1 is 1.27 bits per heavy atom. The number of carbonyl (C=O) groups is 1. The van der Waals surface area contributed by atoms with Gasteiger partial charge in [-0.15, -0.1) is 0 Å². The zero-order valence-electron chi connectivity index (χ0n) is 12.4. The fraction of sp³-hybridized carbons (Fsp3) is 0.188. The molecule has 2 heterocycles. The number of imidazole rings is 1. The van der Waals surface area contributed by atoms with Gasteiger partial charge in [0.1, 0.15) is 5.82 Å². The molecular weight excluding hydrogens is 278 g/mol. The zero-order chi connectivity index (χ0) is 15.5. The molecule has 2 aromatic heterocycles. The maximum Gasteiger partial charge on any atom is 0.319 e. The number of hydrogen-bond acceptors (Lipinski definition) is 3. The molecule has 1 unspecified atom stereocenters. The van der Waals surface area contributed by atoms with Crippen LogP contribution in [-0.2, 0) is 0 Å². The van der Waals surface area contributed by atoms with Gasteiger partial charge in [0.25, 0.3) is 0 Å². The minimum Gasteiger partial charge on any atom is -0.340 e. The highest BCUT2D eigenvalue weighted by Gasteiger charge is 2.14. The van der Waals surface area contributed by atoms with Crippen molar-refractivity contribution in [1.29, 1.82) is 0 Å². The summed E-state index contributed by atoms with van der Waals surface area (Å²) in [6.07, 6.45) is 3.35. The molecule has 6 heteroatoms. The third-order valence-corrected chi connectivity index (χ3v) is 3.43. The predicted octanol–water partition coefficient (Wildman–Crippen LogP) is 3.15. The van der Waals surface area contributed by atoms with Crippen LogP contribution in [0.4, 0.5) is 10.5 Å². The summed E-state index contributed by atoms with van der Waals surface area (Å²) >= 11 is 0. The van der Waals surface area contributed by atoms with E-state index in [4.69, 9.17) is 0 Å². The van der Waals surface area contributed by atoms with Crippen LogP contribution in [0, 0.1) is 6.92 Å². The Morgan fingerprint density at radius 2 is 2.09 bits per heavy atom. The number of urea groups is 1. The number of aromatic nitrogens is 3. The molecule has 0 saturated heterocycles. The summed E-state index contributed by atoms with van der Waals surface area (Å²) in [6, 6.07) is 9.03. The van der Waals surface area contributed by atoms with E-state index in [2.05, 4.69) is 25.6 Å². The number of fused-ring (bicyclic) bond motifs is 1. The molecule has 0 aliphatic carbocycles. The fourth-order valence-electron chi connectivity index (χ4n) is 2.21. The number of aryl methyl sites for hydroxylation is 1. The quantitative estimate of drug-likeness (QED) is 0.694. The van der Waals surface area contributed by atoms with Gasteiger partial charge >= 0.3 is 6.03 Å². The Morgan fingerprint density at radius 3 is 2.86 bits per heavy atom. The second-order valence-electron chi connectivity index (χ2n) is 5.15. The Balaban J connectivity index is 1.69. The molecule has 1 aromatic carbocycles. The lowest BCUT2D eigenvalue weighted by atomic mass is 10.2. The first-order valence-electron chi connectivity index (χ1n) is 7.06. The molecule has 3 aromatic rings.